The molecular weight excluding hydrogens is 764 g/mol. The summed E-state index contributed by atoms with van der Waals surface area (Å²) in [5.74, 6) is 0. The van der Waals surface area contributed by atoms with E-state index >= 15 is 0 Å². The van der Waals surface area contributed by atoms with Gasteiger partial charge in [-0.3, -0.25) is 0 Å². The molecule has 368 valence electrons. The van der Waals surface area contributed by atoms with Crippen molar-refractivity contribution in [3.05, 3.63) is 0 Å². The van der Waals surface area contributed by atoms with Crippen LogP contribution in [-0.4, -0.2) is 19.8 Å². The molecule has 0 spiro atoms. The highest BCUT2D eigenvalue weighted by Gasteiger charge is 2.12. The van der Waals surface area contributed by atoms with Gasteiger partial charge in [-0.25, -0.2) is 0 Å². The van der Waals surface area contributed by atoms with Gasteiger partial charge in [0.1, 0.15) is 0 Å². The van der Waals surface area contributed by atoms with E-state index in [4.69, 9.17) is 13.6 Å². The maximum Gasteiger partial charge on any atom is 0.332 e. The summed E-state index contributed by atoms with van der Waals surface area (Å²) in [6.07, 6.45) is 71.7. The van der Waals surface area contributed by atoms with E-state index < -0.39 is 8.60 Å². The molecule has 0 atom stereocenters. The zero-order chi connectivity index (χ0) is 43.9. The summed E-state index contributed by atoms with van der Waals surface area (Å²) in [5.41, 5.74) is 0. The van der Waals surface area contributed by atoms with Crippen molar-refractivity contribution in [2.45, 2.75) is 348 Å². The standard InChI is InChI=1S/C57H117O3P/c1-4-7-10-13-16-19-22-25-28-31-34-37-40-43-46-49-52-55-58-61(59-56-53-50-47-44-41-38-35-32-29-26-23-20-17-14-11-8-5-2)60-57-54-51-48-45-42-39-36-33-30-27-24-21-18-15-12-9-6-3/h4-57H2,1-3H3. The molecular formula is C57H117O3P. The smallest absolute Gasteiger partial charge is 0.312 e. The predicted octanol–water partition coefficient (Wildman–Crippen LogP) is 22.2. The van der Waals surface area contributed by atoms with Crippen molar-refractivity contribution in [1.29, 1.82) is 0 Å². The highest BCUT2D eigenvalue weighted by molar-refractivity contribution is 7.41. The van der Waals surface area contributed by atoms with Crippen LogP contribution in [0.25, 0.3) is 0 Å². The van der Waals surface area contributed by atoms with Crippen molar-refractivity contribution in [3.63, 3.8) is 0 Å². The number of hydrogen-bond donors (Lipinski definition) is 0. The lowest BCUT2D eigenvalue weighted by Crippen LogP contribution is -2.00. The molecule has 0 aliphatic heterocycles. The van der Waals surface area contributed by atoms with Crippen LogP contribution in [0.1, 0.15) is 348 Å². The Morgan fingerprint density at radius 1 is 0.164 bits per heavy atom. The minimum Gasteiger partial charge on any atom is -0.312 e. The van der Waals surface area contributed by atoms with E-state index in [1.165, 1.54) is 308 Å². The van der Waals surface area contributed by atoms with E-state index in [1.807, 2.05) is 0 Å². The Morgan fingerprint density at radius 3 is 0.410 bits per heavy atom. The molecule has 0 radical (unpaired) electrons. The van der Waals surface area contributed by atoms with Gasteiger partial charge in [-0.15, -0.1) is 0 Å². The van der Waals surface area contributed by atoms with Crippen LogP contribution < -0.4 is 0 Å². The Labute approximate surface area is 388 Å². The third-order valence-electron chi connectivity index (χ3n) is 13.3. The Morgan fingerprint density at radius 2 is 0.279 bits per heavy atom. The van der Waals surface area contributed by atoms with Crippen molar-refractivity contribution in [2.24, 2.45) is 0 Å². The lowest BCUT2D eigenvalue weighted by atomic mass is 10.0. The maximum absolute atomic E-state index is 6.25. The van der Waals surface area contributed by atoms with Gasteiger partial charge in [0, 0.05) is 0 Å². The van der Waals surface area contributed by atoms with Crippen LogP contribution in [0.4, 0.5) is 0 Å². The highest BCUT2D eigenvalue weighted by Crippen LogP contribution is 2.40. The Balaban J connectivity index is 3.96. The van der Waals surface area contributed by atoms with E-state index in [9.17, 15) is 0 Å². The molecule has 0 saturated carbocycles. The number of rotatable bonds is 57. The van der Waals surface area contributed by atoms with Gasteiger partial charge in [-0.05, 0) is 19.3 Å². The van der Waals surface area contributed by atoms with E-state index in [0.717, 1.165) is 39.1 Å². The molecule has 4 heteroatoms. The Kier molecular flexibility index (Phi) is 58.6. The molecule has 0 bridgehead atoms. The second-order valence-electron chi connectivity index (χ2n) is 19.7. The first-order valence-corrected chi connectivity index (χ1v) is 30.1. The first-order chi connectivity index (χ1) is 30.3. The van der Waals surface area contributed by atoms with E-state index in [0.29, 0.717) is 0 Å². The molecule has 0 aromatic carbocycles. The third-order valence-corrected chi connectivity index (χ3v) is 14.5. The Hall–Kier alpha value is 0.310. The monoisotopic (exact) mass is 881 g/mol. The van der Waals surface area contributed by atoms with Crippen LogP contribution in [-0.2, 0) is 13.6 Å². The summed E-state index contributed by atoms with van der Waals surface area (Å²) in [7, 11) is -1.19. The molecule has 0 aliphatic rings. The van der Waals surface area contributed by atoms with Gasteiger partial charge in [0.05, 0.1) is 19.8 Å². The minimum absolute atomic E-state index is 0.794. The van der Waals surface area contributed by atoms with Gasteiger partial charge >= 0.3 is 8.60 Å². The topological polar surface area (TPSA) is 27.7 Å². The molecule has 0 unspecified atom stereocenters. The zero-order valence-electron chi connectivity index (χ0n) is 42.9. The summed E-state index contributed by atoms with van der Waals surface area (Å²) in [6, 6.07) is 0. The van der Waals surface area contributed by atoms with Crippen LogP contribution in [0.5, 0.6) is 0 Å². The summed E-state index contributed by atoms with van der Waals surface area (Å²) in [4.78, 5) is 0. The molecule has 0 rings (SSSR count). The SMILES string of the molecule is CCCCCCCCCCCCCCCCCCCOP(OCCCCCCCCCCCCCCCCCCC)OCCCCCCCCCCCCCCCCCCC. The normalized spacial score (nSPS) is 11.8. The molecule has 0 heterocycles. The van der Waals surface area contributed by atoms with Gasteiger partial charge in [0.2, 0.25) is 0 Å². The first-order valence-electron chi connectivity index (χ1n) is 29.0. The van der Waals surface area contributed by atoms with Crippen molar-refractivity contribution in [1.82, 2.24) is 0 Å². The molecule has 0 aromatic rings. The average molecular weight is 882 g/mol. The highest BCUT2D eigenvalue weighted by atomic mass is 31.2. The quantitative estimate of drug-likeness (QED) is 0.0450. The summed E-state index contributed by atoms with van der Waals surface area (Å²) in [6.45, 7) is 9.31. The van der Waals surface area contributed by atoms with Gasteiger partial charge in [-0.1, -0.05) is 329 Å². The fourth-order valence-corrected chi connectivity index (χ4v) is 10.1. The van der Waals surface area contributed by atoms with Crippen LogP contribution in [0, 0.1) is 0 Å². The summed E-state index contributed by atoms with van der Waals surface area (Å²) >= 11 is 0. The summed E-state index contributed by atoms with van der Waals surface area (Å²) in [5, 5.41) is 0. The Bertz CT molecular complexity index is 638. The fraction of sp³-hybridized carbons (Fsp3) is 1.00. The lowest BCUT2D eigenvalue weighted by Gasteiger charge is -2.17. The van der Waals surface area contributed by atoms with Gasteiger partial charge in [0.25, 0.3) is 0 Å². The van der Waals surface area contributed by atoms with Gasteiger partial charge in [0.15, 0.2) is 0 Å². The molecule has 0 amide bonds. The summed E-state index contributed by atoms with van der Waals surface area (Å²) < 4.78 is 18.8. The average Bonchev–Trinajstić information content (AvgIpc) is 3.27. The van der Waals surface area contributed by atoms with Crippen molar-refractivity contribution in [3.8, 4) is 0 Å². The minimum atomic E-state index is -1.19. The molecule has 0 fully saturated rings. The van der Waals surface area contributed by atoms with Crippen LogP contribution >= 0.6 is 8.60 Å². The van der Waals surface area contributed by atoms with Crippen molar-refractivity contribution in [2.75, 3.05) is 19.8 Å². The van der Waals surface area contributed by atoms with Crippen LogP contribution in [0.15, 0.2) is 0 Å². The lowest BCUT2D eigenvalue weighted by molar-refractivity contribution is 0.153. The molecule has 0 aromatic heterocycles. The molecule has 0 saturated heterocycles. The molecule has 0 aliphatic carbocycles. The van der Waals surface area contributed by atoms with Gasteiger partial charge in [-0.2, -0.15) is 0 Å². The van der Waals surface area contributed by atoms with Crippen molar-refractivity contribution >= 4 is 8.60 Å². The predicted molar refractivity (Wildman–Crippen MR) is 277 cm³/mol. The second-order valence-corrected chi connectivity index (χ2v) is 20.9. The number of unbranched alkanes of at least 4 members (excludes halogenated alkanes) is 48. The van der Waals surface area contributed by atoms with Gasteiger partial charge < -0.3 is 13.6 Å². The second kappa shape index (κ2) is 58.3. The van der Waals surface area contributed by atoms with E-state index in [2.05, 4.69) is 20.8 Å². The third kappa shape index (κ3) is 56.4. The maximum atomic E-state index is 6.25. The van der Waals surface area contributed by atoms with Crippen LogP contribution in [0.3, 0.4) is 0 Å². The first kappa shape index (κ1) is 61.3. The van der Waals surface area contributed by atoms with E-state index in [-0.39, 0.29) is 0 Å². The van der Waals surface area contributed by atoms with Crippen LogP contribution in [0.2, 0.25) is 0 Å². The van der Waals surface area contributed by atoms with Crippen molar-refractivity contribution < 1.29 is 13.6 Å². The fourth-order valence-electron chi connectivity index (χ4n) is 9.01. The van der Waals surface area contributed by atoms with E-state index in [1.54, 1.807) is 0 Å². The zero-order valence-corrected chi connectivity index (χ0v) is 43.8. The molecule has 3 nitrogen and oxygen atoms in total. The molecule has 61 heavy (non-hydrogen) atoms. The number of hydrogen-bond acceptors (Lipinski definition) is 3. The largest absolute Gasteiger partial charge is 0.332 e. The molecule has 0 N–H and O–H groups in total.